The summed E-state index contributed by atoms with van der Waals surface area (Å²) in [5.41, 5.74) is -0.589. The number of hydrogen-bond donors (Lipinski definition) is 2. The summed E-state index contributed by atoms with van der Waals surface area (Å²) in [6, 6.07) is 0.275. The van der Waals surface area contributed by atoms with E-state index >= 15 is 0 Å². The van der Waals surface area contributed by atoms with Crippen LogP contribution in [0.5, 0.6) is 0 Å². The second kappa shape index (κ2) is 3.96. The third-order valence-electron chi connectivity index (χ3n) is 5.76. The summed E-state index contributed by atoms with van der Waals surface area (Å²) >= 11 is 0. The lowest BCUT2D eigenvalue weighted by molar-refractivity contribution is -0.0916. The smallest absolute Gasteiger partial charge is 0.0746 e. The summed E-state index contributed by atoms with van der Waals surface area (Å²) in [4.78, 5) is 0. The molecule has 0 radical (unpaired) electrons. The molecule has 0 aromatic carbocycles. The molecule has 0 heterocycles. The highest BCUT2D eigenvalue weighted by Crippen LogP contribution is 2.58. The van der Waals surface area contributed by atoms with Crippen LogP contribution in [0.3, 0.4) is 0 Å². The van der Waals surface area contributed by atoms with Gasteiger partial charge in [0.15, 0.2) is 0 Å². The monoisotopic (exact) mass is 237 g/mol. The van der Waals surface area contributed by atoms with Gasteiger partial charge < -0.3 is 10.4 Å². The number of nitrogens with one attached hydrogen (secondary N) is 1. The summed E-state index contributed by atoms with van der Waals surface area (Å²) in [5.74, 6) is 4.53. The van der Waals surface area contributed by atoms with Crippen molar-refractivity contribution in [3.63, 3.8) is 0 Å². The van der Waals surface area contributed by atoms with Gasteiger partial charge in [0.2, 0.25) is 0 Å². The Labute approximate surface area is 105 Å². The van der Waals surface area contributed by atoms with Gasteiger partial charge in [0.05, 0.1) is 5.60 Å². The van der Waals surface area contributed by atoms with Crippen LogP contribution in [0.15, 0.2) is 0 Å². The van der Waals surface area contributed by atoms with Gasteiger partial charge in [-0.05, 0) is 82.6 Å². The zero-order valence-corrected chi connectivity index (χ0v) is 11.4. The minimum atomic E-state index is -0.589. The topological polar surface area (TPSA) is 32.3 Å². The molecule has 1 unspecified atom stereocenters. The number of rotatable bonds is 3. The lowest BCUT2D eigenvalue weighted by Gasteiger charge is -2.57. The molecule has 4 saturated carbocycles. The molecule has 0 spiro atoms. The van der Waals surface area contributed by atoms with Gasteiger partial charge in [-0.1, -0.05) is 0 Å². The maximum absolute atomic E-state index is 10.4. The van der Waals surface area contributed by atoms with Gasteiger partial charge in [0.1, 0.15) is 0 Å². The lowest BCUT2D eigenvalue weighted by atomic mass is 9.49. The molecule has 2 heteroatoms. The Morgan fingerprint density at radius 2 is 1.47 bits per heavy atom. The first kappa shape index (κ1) is 12.0. The highest BCUT2D eigenvalue weighted by Gasteiger charge is 2.52. The SMILES string of the molecule is CNC(C1C2CC3CC(C2)CC1C3)C(C)(C)O. The molecule has 1 atom stereocenters. The fourth-order valence-corrected chi connectivity index (χ4v) is 5.53. The quantitative estimate of drug-likeness (QED) is 0.790. The zero-order valence-electron chi connectivity index (χ0n) is 11.4. The lowest BCUT2D eigenvalue weighted by Crippen LogP contribution is -2.59. The largest absolute Gasteiger partial charge is 0.389 e. The molecule has 0 aliphatic heterocycles. The summed E-state index contributed by atoms with van der Waals surface area (Å²) < 4.78 is 0. The summed E-state index contributed by atoms with van der Waals surface area (Å²) in [6.45, 7) is 3.94. The number of likely N-dealkylation sites (N-methyl/N-ethyl adjacent to an activating group) is 1. The third kappa shape index (κ3) is 1.94. The normalized spacial score (nSPS) is 46.2. The Morgan fingerprint density at radius 1 is 1.00 bits per heavy atom. The van der Waals surface area contributed by atoms with Crippen molar-refractivity contribution in [2.75, 3.05) is 7.05 Å². The fourth-order valence-electron chi connectivity index (χ4n) is 5.53. The molecule has 4 aliphatic rings. The van der Waals surface area contributed by atoms with Crippen LogP contribution in [-0.4, -0.2) is 23.8 Å². The molecule has 4 fully saturated rings. The minimum absolute atomic E-state index is 0.275. The van der Waals surface area contributed by atoms with Crippen molar-refractivity contribution >= 4 is 0 Å². The van der Waals surface area contributed by atoms with Gasteiger partial charge in [-0.25, -0.2) is 0 Å². The van der Waals surface area contributed by atoms with Gasteiger partial charge in [-0.2, -0.15) is 0 Å². The highest BCUT2D eigenvalue weighted by molar-refractivity contribution is 5.04. The first-order valence-corrected chi connectivity index (χ1v) is 7.38. The first-order valence-electron chi connectivity index (χ1n) is 7.38. The second-order valence-electron chi connectivity index (χ2n) is 7.43. The van der Waals surface area contributed by atoms with Crippen molar-refractivity contribution < 1.29 is 5.11 Å². The van der Waals surface area contributed by atoms with Gasteiger partial charge in [0, 0.05) is 6.04 Å². The van der Waals surface area contributed by atoms with Crippen molar-refractivity contribution in [2.45, 2.75) is 57.6 Å². The second-order valence-corrected chi connectivity index (χ2v) is 7.43. The molecule has 98 valence electrons. The van der Waals surface area contributed by atoms with E-state index < -0.39 is 5.60 Å². The van der Waals surface area contributed by atoms with Gasteiger partial charge >= 0.3 is 0 Å². The molecule has 4 rings (SSSR count). The number of hydrogen-bond acceptors (Lipinski definition) is 2. The Bertz CT molecular complexity index is 266. The molecular formula is C15H27NO. The van der Waals surface area contributed by atoms with E-state index in [-0.39, 0.29) is 6.04 Å². The van der Waals surface area contributed by atoms with Crippen LogP contribution >= 0.6 is 0 Å². The van der Waals surface area contributed by atoms with Crippen LogP contribution in [0, 0.1) is 29.6 Å². The first-order chi connectivity index (χ1) is 7.99. The predicted molar refractivity (Wildman–Crippen MR) is 69.7 cm³/mol. The molecule has 0 amide bonds. The Morgan fingerprint density at radius 3 is 1.82 bits per heavy atom. The Kier molecular flexibility index (Phi) is 2.79. The maximum Gasteiger partial charge on any atom is 0.0746 e. The molecule has 2 N–H and O–H groups in total. The van der Waals surface area contributed by atoms with E-state index in [1.165, 1.54) is 32.1 Å². The van der Waals surface area contributed by atoms with Crippen LogP contribution in [-0.2, 0) is 0 Å². The zero-order chi connectivity index (χ0) is 12.2. The van der Waals surface area contributed by atoms with E-state index in [4.69, 9.17) is 0 Å². The Hall–Kier alpha value is -0.0800. The average molecular weight is 237 g/mol. The summed E-state index contributed by atoms with van der Waals surface area (Å²) in [6.07, 6.45) is 7.25. The van der Waals surface area contributed by atoms with E-state index in [2.05, 4.69) is 5.32 Å². The van der Waals surface area contributed by atoms with E-state index in [1.54, 1.807) is 0 Å². The van der Waals surface area contributed by atoms with Gasteiger partial charge in [0.25, 0.3) is 0 Å². The third-order valence-corrected chi connectivity index (χ3v) is 5.76. The van der Waals surface area contributed by atoms with Crippen molar-refractivity contribution in [1.29, 1.82) is 0 Å². The molecular weight excluding hydrogens is 210 g/mol. The highest BCUT2D eigenvalue weighted by atomic mass is 16.3. The predicted octanol–water partition coefficient (Wildman–Crippen LogP) is 2.42. The van der Waals surface area contributed by atoms with Crippen molar-refractivity contribution in [1.82, 2.24) is 5.32 Å². The van der Waals surface area contributed by atoms with E-state index in [0.29, 0.717) is 5.92 Å². The average Bonchev–Trinajstić information content (AvgIpc) is 2.20. The molecule has 0 aromatic rings. The van der Waals surface area contributed by atoms with Gasteiger partial charge in [-0.3, -0.25) is 0 Å². The molecule has 4 bridgehead atoms. The molecule has 2 nitrogen and oxygen atoms in total. The van der Waals surface area contributed by atoms with Crippen LogP contribution in [0.25, 0.3) is 0 Å². The maximum atomic E-state index is 10.4. The molecule has 0 aromatic heterocycles. The standard InChI is InChI=1S/C15H27NO/c1-15(2,17)14(16-3)13-11-5-9-4-10(7-11)8-12(13)6-9/h9-14,16-17H,4-8H2,1-3H3. The van der Waals surface area contributed by atoms with Crippen LogP contribution in [0.4, 0.5) is 0 Å². The Balaban J connectivity index is 1.83. The van der Waals surface area contributed by atoms with E-state index in [1.807, 2.05) is 20.9 Å². The fraction of sp³-hybridized carbons (Fsp3) is 1.00. The minimum Gasteiger partial charge on any atom is -0.389 e. The van der Waals surface area contributed by atoms with Gasteiger partial charge in [-0.15, -0.1) is 0 Å². The van der Waals surface area contributed by atoms with Crippen molar-refractivity contribution in [3.05, 3.63) is 0 Å². The van der Waals surface area contributed by atoms with Crippen molar-refractivity contribution in [2.24, 2.45) is 29.6 Å². The van der Waals surface area contributed by atoms with E-state index in [9.17, 15) is 5.11 Å². The molecule has 17 heavy (non-hydrogen) atoms. The van der Waals surface area contributed by atoms with Crippen molar-refractivity contribution in [3.8, 4) is 0 Å². The number of aliphatic hydroxyl groups is 1. The van der Waals surface area contributed by atoms with Crippen LogP contribution < -0.4 is 5.32 Å². The van der Waals surface area contributed by atoms with Crippen LogP contribution in [0.2, 0.25) is 0 Å². The summed E-state index contributed by atoms with van der Waals surface area (Å²) in [5, 5.41) is 13.8. The van der Waals surface area contributed by atoms with E-state index in [0.717, 1.165) is 23.7 Å². The molecule has 0 saturated heterocycles. The summed E-state index contributed by atoms with van der Waals surface area (Å²) in [7, 11) is 2.02. The van der Waals surface area contributed by atoms with Crippen LogP contribution in [0.1, 0.15) is 46.0 Å². The molecule has 4 aliphatic carbocycles.